The highest BCUT2D eigenvalue weighted by Crippen LogP contribution is 2.22. The third-order valence-corrected chi connectivity index (χ3v) is 3.94. The molecule has 0 fully saturated rings. The monoisotopic (exact) mass is 278 g/mol. The lowest BCUT2D eigenvalue weighted by molar-refractivity contribution is 0.182. The zero-order valence-electron chi connectivity index (χ0n) is 13.6. The molecule has 0 radical (unpaired) electrons. The molecule has 0 saturated carbocycles. The Morgan fingerprint density at radius 2 is 2.00 bits per heavy atom. The molecule has 0 amide bonds. The van der Waals surface area contributed by atoms with Crippen LogP contribution in [0.15, 0.2) is 18.2 Å². The lowest BCUT2D eigenvalue weighted by Crippen LogP contribution is -2.36. The number of hydrogen-bond donors (Lipinski definition) is 1. The van der Waals surface area contributed by atoms with Gasteiger partial charge in [0, 0.05) is 31.4 Å². The van der Waals surface area contributed by atoms with Crippen LogP contribution in [-0.2, 0) is 11.2 Å². The van der Waals surface area contributed by atoms with Crippen LogP contribution in [0.4, 0.5) is 5.69 Å². The molecule has 1 aromatic carbocycles. The van der Waals surface area contributed by atoms with Gasteiger partial charge >= 0.3 is 0 Å². The molecule has 2 N–H and O–H groups in total. The third kappa shape index (κ3) is 4.50. The van der Waals surface area contributed by atoms with Crippen molar-refractivity contribution in [3.63, 3.8) is 0 Å². The number of nitrogens with two attached hydrogens (primary N) is 1. The fourth-order valence-corrected chi connectivity index (χ4v) is 2.59. The lowest BCUT2D eigenvalue weighted by atomic mass is 9.99. The van der Waals surface area contributed by atoms with Crippen LogP contribution in [0.3, 0.4) is 0 Å². The molecular weight excluding hydrogens is 248 g/mol. The van der Waals surface area contributed by atoms with Crippen molar-refractivity contribution in [2.24, 2.45) is 5.73 Å². The van der Waals surface area contributed by atoms with Gasteiger partial charge in [0.25, 0.3) is 0 Å². The highest BCUT2D eigenvalue weighted by atomic mass is 16.5. The van der Waals surface area contributed by atoms with Gasteiger partial charge in [-0.15, -0.1) is 0 Å². The zero-order valence-corrected chi connectivity index (χ0v) is 13.6. The SMILES string of the molecule is CCC(N)Cc1ccc(N(CC)C(C)COC)cc1C. The average Bonchev–Trinajstić information content (AvgIpc) is 2.42. The van der Waals surface area contributed by atoms with Crippen LogP contribution in [0.25, 0.3) is 0 Å². The maximum Gasteiger partial charge on any atom is 0.0663 e. The fourth-order valence-electron chi connectivity index (χ4n) is 2.59. The van der Waals surface area contributed by atoms with Gasteiger partial charge < -0.3 is 15.4 Å². The first-order valence-electron chi connectivity index (χ1n) is 7.64. The molecule has 1 rings (SSSR count). The Morgan fingerprint density at radius 1 is 1.30 bits per heavy atom. The Bertz CT molecular complexity index is 406. The van der Waals surface area contributed by atoms with E-state index < -0.39 is 0 Å². The average molecular weight is 278 g/mol. The van der Waals surface area contributed by atoms with E-state index in [9.17, 15) is 0 Å². The molecule has 114 valence electrons. The summed E-state index contributed by atoms with van der Waals surface area (Å²) < 4.78 is 5.27. The Kier molecular flexibility index (Phi) is 7.03. The highest BCUT2D eigenvalue weighted by molar-refractivity contribution is 5.51. The summed E-state index contributed by atoms with van der Waals surface area (Å²) in [6.45, 7) is 10.4. The highest BCUT2D eigenvalue weighted by Gasteiger charge is 2.14. The largest absolute Gasteiger partial charge is 0.383 e. The second kappa shape index (κ2) is 8.28. The lowest BCUT2D eigenvalue weighted by Gasteiger charge is -2.30. The minimum absolute atomic E-state index is 0.259. The molecule has 0 aromatic heterocycles. The van der Waals surface area contributed by atoms with Crippen LogP contribution in [0.1, 0.15) is 38.3 Å². The first kappa shape index (κ1) is 17.0. The molecule has 0 aliphatic rings. The second-order valence-corrected chi connectivity index (χ2v) is 5.57. The van der Waals surface area contributed by atoms with E-state index in [1.807, 2.05) is 0 Å². The molecule has 0 bridgehead atoms. The Labute approximate surface area is 124 Å². The number of rotatable bonds is 8. The second-order valence-electron chi connectivity index (χ2n) is 5.57. The summed E-state index contributed by atoms with van der Waals surface area (Å²) in [6, 6.07) is 7.35. The van der Waals surface area contributed by atoms with Gasteiger partial charge in [0.05, 0.1) is 6.61 Å². The normalized spacial score (nSPS) is 14.1. The molecule has 0 saturated heterocycles. The predicted molar refractivity (Wildman–Crippen MR) is 87.5 cm³/mol. The number of hydrogen-bond acceptors (Lipinski definition) is 3. The predicted octanol–water partition coefficient (Wildman–Crippen LogP) is 3.14. The van der Waals surface area contributed by atoms with E-state index >= 15 is 0 Å². The van der Waals surface area contributed by atoms with Gasteiger partial charge in [-0.05, 0) is 56.9 Å². The first-order valence-corrected chi connectivity index (χ1v) is 7.64. The van der Waals surface area contributed by atoms with Gasteiger partial charge in [0.1, 0.15) is 0 Å². The minimum atomic E-state index is 0.259. The van der Waals surface area contributed by atoms with Gasteiger partial charge in [-0.1, -0.05) is 13.0 Å². The summed E-state index contributed by atoms with van der Waals surface area (Å²) in [4.78, 5) is 2.38. The summed E-state index contributed by atoms with van der Waals surface area (Å²) in [5, 5.41) is 0. The quantitative estimate of drug-likeness (QED) is 0.794. The Hall–Kier alpha value is -1.06. The van der Waals surface area contributed by atoms with Crippen molar-refractivity contribution in [3.05, 3.63) is 29.3 Å². The van der Waals surface area contributed by atoms with Crippen molar-refractivity contribution in [3.8, 4) is 0 Å². The number of methoxy groups -OCH3 is 1. The van der Waals surface area contributed by atoms with Crippen LogP contribution < -0.4 is 10.6 Å². The van der Waals surface area contributed by atoms with E-state index in [1.165, 1.54) is 16.8 Å². The number of ether oxygens (including phenoxy) is 1. The van der Waals surface area contributed by atoms with Gasteiger partial charge in [-0.3, -0.25) is 0 Å². The van der Waals surface area contributed by atoms with Crippen molar-refractivity contribution in [2.75, 3.05) is 25.2 Å². The molecule has 1 aromatic rings. The molecule has 0 aliphatic carbocycles. The van der Waals surface area contributed by atoms with E-state index in [1.54, 1.807) is 7.11 Å². The van der Waals surface area contributed by atoms with Crippen LogP contribution in [0, 0.1) is 6.92 Å². The van der Waals surface area contributed by atoms with Crippen molar-refractivity contribution < 1.29 is 4.74 Å². The van der Waals surface area contributed by atoms with E-state index in [0.29, 0.717) is 6.04 Å². The van der Waals surface area contributed by atoms with E-state index in [2.05, 4.69) is 50.8 Å². The number of aryl methyl sites for hydroxylation is 1. The molecule has 3 nitrogen and oxygen atoms in total. The van der Waals surface area contributed by atoms with Crippen LogP contribution in [0.5, 0.6) is 0 Å². The Morgan fingerprint density at radius 3 is 2.50 bits per heavy atom. The molecule has 0 heterocycles. The topological polar surface area (TPSA) is 38.5 Å². The summed E-state index contributed by atoms with van der Waals surface area (Å²) in [5.41, 5.74) is 10.0. The molecule has 0 spiro atoms. The number of benzene rings is 1. The van der Waals surface area contributed by atoms with Crippen molar-refractivity contribution in [1.82, 2.24) is 0 Å². The molecule has 2 atom stereocenters. The summed E-state index contributed by atoms with van der Waals surface area (Å²) in [7, 11) is 1.75. The number of likely N-dealkylation sites (N-methyl/N-ethyl adjacent to an activating group) is 1. The molecular formula is C17H30N2O. The Balaban J connectivity index is 2.89. The molecule has 0 aliphatic heterocycles. The van der Waals surface area contributed by atoms with Crippen LogP contribution in [0.2, 0.25) is 0 Å². The summed E-state index contributed by atoms with van der Waals surface area (Å²) >= 11 is 0. The molecule has 20 heavy (non-hydrogen) atoms. The van der Waals surface area contributed by atoms with Gasteiger partial charge in [0.15, 0.2) is 0 Å². The maximum atomic E-state index is 6.06. The zero-order chi connectivity index (χ0) is 15.1. The summed E-state index contributed by atoms with van der Waals surface area (Å²) in [6.07, 6.45) is 1.98. The van der Waals surface area contributed by atoms with Crippen LogP contribution >= 0.6 is 0 Å². The smallest absolute Gasteiger partial charge is 0.0663 e. The van der Waals surface area contributed by atoms with E-state index in [-0.39, 0.29) is 6.04 Å². The summed E-state index contributed by atoms with van der Waals surface area (Å²) in [5.74, 6) is 0. The first-order chi connectivity index (χ1) is 9.53. The number of anilines is 1. The van der Waals surface area contributed by atoms with Crippen molar-refractivity contribution in [1.29, 1.82) is 0 Å². The van der Waals surface area contributed by atoms with Crippen molar-refractivity contribution in [2.45, 2.75) is 52.6 Å². The van der Waals surface area contributed by atoms with Crippen LogP contribution in [-0.4, -0.2) is 32.3 Å². The van der Waals surface area contributed by atoms with E-state index in [0.717, 1.165) is 26.0 Å². The fraction of sp³-hybridized carbons (Fsp3) is 0.647. The molecule has 3 heteroatoms. The van der Waals surface area contributed by atoms with Gasteiger partial charge in [-0.2, -0.15) is 0 Å². The molecule has 2 unspecified atom stereocenters. The maximum absolute atomic E-state index is 6.06. The van der Waals surface area contributed by atoms with E-state index in [4.69, 9.17) is 10.5 Å². The third-order valence-electron chi connectivity index (χ3n) is 3.94. The standard InChI is InChI=1S/C17H30N2O/c1-6-16(18)11-15-8-9-17(10-13(15)3)19(7-2)14(4)12-20-5/h8-10,14,16H,6-7,11-12,18H2,1-5H3. The van der Waals surface area contributed by atoms with Gasteiger partial charge in [0.2, 0.25) is 0 Å². The van der Waals surface area contributed by atoms with Gasteiger partial charge in [-0.25, -0.2) is 0 Å². The van der Waals surface area contributed by atoms with Crippen molar-refractivity contribution >= 4 is 5.69 Å². The minimum Gasteiger partial charge on any atom is -0.383 e. The number of nitrogens with zero attached hydrogens (tertiary/aromatic N) is 1.